The summed E-state index contributed by atoms with van der Waals surface area (Å²) in [6, 6.07) is 3.40. The molecule has 2 N–H and O–H groups in total. The summed E-state index contributed by atoms with van der Waals surface area (Å²) in [6.07, 6.45) is 6.87. The van der Waals surface area contributed by atoms with Gasteiger partial charge in [-0.1, -0.05) is 12.8 Å². The number of carbonyl (C=O) groups excluding carboxylic acids is 1. The van der Waals surface area contributed by atoms with Crippen LogP contribution in [0.5, 0.6) is 0 Å². The van der Waals surface area contributed by atoms with E-state index in [4.69, 9.17) is 0 Å². The summed E-state index contributed by atoms with van der Waals surface area (Å²) in [6.45, 7) is 0. The standard InChI is InChI=1S/C13H18N2O2S/c1-18-13-9(5-4-8-14-13)12(17)15-10-6-2-3-7-11(10)16/h4-5,8,10-11,16H,2-3,6-7H2,1H3,(H,15,17). The van der Waals surface area contributed by atoms with Crippen LogP contribution >= 0.6 is 11.8 Å². The Morgan fingerprint density at radius 2 is 2.28 bits per heavy atom. The minimum Gasteiger partial charge on any atom is -0.391 e. The molecular weight excluding hydrogens is 248 g/mol. The fraction of sp³-hybridized carbons (Fsp3) is 0.538. The van der Waals surface area contributed by atoms with Gasteiger partial charge in [0.05, 0.1) is 17.7 Å². The number of aliphatic hydroxyl groups is 1. The molecule has 1 aromatic rings. The lowest BCUT2D eigenvalue weighted by Crippen LogP contribution is -2.45. The van der Waals surface area contributed by atoms with Gasteiger partial charge in [-0.15, -0.1) is 11.8 Å². The van der Waals surface area contributed by atoms with E-state index in [1.807, 2.05) is 6.26 Å². The predicted octanol–water partition coefficient (Wildman–Crippen LogP) is 1.84. The molecule has 0 aromatic carbocycles. The molecule has 0 spiro atoms. The molecule has 18 heavy (non-hydrogen) atoms. The third kappa shape index (κ3) is 3.03. The van der Waals surface area contributed by atoms with Crippen LogP contribution in [0.25, 0.3) is 0 Å². The van der Waals surface area contributed by atoms with E-state index in [2.05, 4.69) is 10.3 Å². The first-order chi connectivity index (χ1) is 8.72. The number of amides is 1. The first-order valence-corrected chi connectivity index (χ1v) is 7.43. The SMILES string of the molecule is CSc1ncccc1C(=O)NC1CCCCC1O. The van der Waals surface area contributed by atoms with E-state index in [0.29, 0.717) is 5.56 Å². The van der Waals surface area contributed by atoms with Crippen molar-refractivity contribution in [3.63, 3.8) is 0 Å². The summed E-state index contributed by atoms with van der Waals surface area (Å²) in [7, 11) is 0. The molecule has 1 heterocycles. The number of nitrogens with one attached hydrogen (secondary N) is 1. The smallest absolute Gasteiger partial charge is 0.254 e. The Balaban J connectivity index is 2.07. The van der Waals surface area contributed by atoms with E-state index in [-0.39, 0.29) is 11.9 Å². The fourth-order valence-corrected chi connectivity index (χ4v) is 2.80. The van der Waals surface area contributed by atoms with Gasteiger partial charge < -0.3 is 10.4 Å². The lowest BCUT2D eigenvalue weighted by Gasteiger charge is -2.28. The number of rotatable bonds is 3. The molecule has 98 valence electrons. The summed E-state index contributed by atoms with van der Waals surface area (Å²) in [5.41, 5.74) is 0.586. The largest absolute Gasteiger partial charge is 0.391 e. The molecule has 2 rings (SSSR count). The van der Waals surface area contributed by atoms with Gasteiger partial charge in [0.2, 0.25) is 0 Å². The minimum absolute atomic E-state index is 0.124. The second-order valence-electron chi connectivity index (χ2n) is 4.49. The van der Waals surface area contributed by atoms with Crippen molar-refractivity contribution in [3.8, 4) is 0 Å². The Kier molecular flexibility index (Phi) is 4.60. The number of aromatic nitrogens is 1. The molecular formula is C13H18N2O2S. The number of hydrogen-bond donors (Lipinski definition) is 2. The number of aliphatic hydroxyl groups excluding tert-OH is 1. The molecule has 1 saturated carbocycles. The van der Waals surface area contributed by atoms with Gasteiger partial charge in [-0.3, -0.25) is 4.79 Å². The number of pyridine rings is 1. The zero-order valence-corrected chi connectivity index (χ0v) is 11.2. The molecule has 1 amide bonds. The number of nitrogens with zero attached hydrogens (tertiary/aromatic N) is 1. The topological polar surface area (TPSA) is 62.2 Å². The van der Waals surface area contributed by atoms with Crippen molar-refractivity contribution >= 4 is 17.7 Å². The Morgan fingerprint density at radius 3 is 3.00 bits per heavy atom. The maximum absolute atomic E-state index is 12.2. The van der Waals surface area contributed by atoms with Crippen LogP contribution in [0.2, 0.25) is 0 Å². The molecule has 0 radical (unpaired) electrons. The van der Waals surface area contributed by atoms with Crippen LogP contribution < -0.4 is 5.32 Å². The van der Waals surface area contributed by atoms with Crippen molar-refractivity contribution in [3.05, 3.63) is 23.9 Å². The monoisotopic (exact) mass is 266 g/mol. The van der Waals surface area contributed by atoms with Gasteiger partial charge in [-0.2, -0.15) is 0 Å². The van der Waals surface area contributed by atoms with Gasteiger partial charge in [-0.25, -0.2) is 4.98 Å². The van der Waals surface area contributed by atoms with Gasteiger partial charge >= 0.3 is 0 Å². The molecule has 2 atom stereocenters. The Bertz CT molecular complexity index is 425. The fourth-order valence-electron chi connectivity index (χ4n) is 2.25. The van der Waals surface area contributed by atoms with Crippen molar-refractivity contribution in [1.29, 1.82) is 0 Å². The van der Waals surface area contributed by atoms with E-state index in [9.17, 15) is 9.90 Å². The molecule has 4 nitrogen and oxygen atoms in total. The van der Waals surface area contributed by atoms with Crippen molar-refractivity contribution in [2.75, 3.05) is 6.26 Å². The first-order valence-electron chi connectivity index (χ1n) is 6.20. The van der Waals surface area contributed by atoms with Crippen LogP contribution in [0.4, 0.5) is 0 Å². The number of hydrogen-bond acceptors (Lipinski definition) is 4. The number of thioether (sulfide) groups is 1. The van der Waals surface area contributed by atoms with Gasteiger partial charge in [0.1, 0.15) is 5.03 Å². The van der Waals surface area contributed by atoms with Gasteiger partial charge in [0, 0.05) is 6.20 Å². The molecule has 5 heteroatoms. The van der Waals surface area contributed by atoms with Crippen LogP contribution in [-0.4, -0.2) is 34.4 Å². The highest BCUT2D eigenvalue weighted by molar-refractivity contribution is 7.98. The third-order valence-corrected chi connectivity index (χ3v) is 3.97. The summed E-state index contributed by atoms with van der Waals surface area (Å²) in [5.74, 6) is -0.140. The van der Waals surface area contributed by atoms with Crippen LogP contribution in [-0.2, 0) is 0 Å². The molecule has 0 saturated heterocycles. The molecule has 0 bridgehead atoms. The highest BCUT2D eigenvalue weighted by Gasteiger charge is 2.25. The average molecular weight is 266 g/mol. The first kappa shape index (κ1) is 13.4. The normalized spacial score (nSPS) is 23.7. The third-order valence-electron chi connectivity index (χ3n) is 3.26. The highest BCUT2D eigenvalue weighted by Crippen LogP contribution is 2.20. The zero-order chi connectivity index (χ0) is 13.0. The van der Waals surface area contributed by atoms with Crippen LogP contribution in [0, 0.1) is 0 Å². The zero-order valence-electron chi connectivity index (χ0n) is 10.4. The second kappa shape index (κ2) is 6.20. The summed E-state index contributed by atoms with van der Waals surface area (Å²) in [5, 5.41) is 13.5. The van der Waals surface area contributed by atoms with Crippen molar-refractivity contribution in [1.82, 2.24) is 10.3 Å². The maximum Gasteiger partial charge on any atom is 0.254 e. The maximum atomic E-state index is 12.2. The molecule has 2 unspecified atom stereocenters. The number of carbonyl (C=O) groups is 1. The van der Waals surface area contributed by atoms with Crippen LogP contribution in [0.3, 0.4) is 0 Å². The van der Waals surface area contributed by atoms with Gasteiger partial charge in [-0.05, 0) is 31.2 Å². The van der Waals surface area contributed by atoms with Crippen LogP contribution in [0.1, 0.15) is 36.0 Å². The summed E-state index contributed by atoms with van der Waals surface area (Å²) < 4.78 is 0. The van der Waals surface area contributed by atoms with Gasteiger partial charge in [0.15, 0.2) is 0 Å². The van der Waals surface area contributed by atoms with E-state index >= 15 is 0 Å². The average Bonchev–Trinajstić information content (AvgIpc) is 2.41. The minimum atomic E-state index is -0.419. The quantitative estimate of drug-likeness (QED) is 0.819. The Morgan fingerprint density at radius 1 is 1.50 bits per heavy atom. The van der Waals surface area contributed by atoms with Crippen molar-refractivity contribution < 1.29 is 9.90 Å². The van der Waals surface area contributed by atoms with Crippen molar-refractivity contribution in [2.24, 2.45) is 0 Å². The summed E-state index contributed by atoms with van der Waals surface area (Å²) >= 11 is 1.45. The van der Waals surface area contributed by atoms with Crippen molar-refractivity contribution in [2.45, 2.75) is 42.9 Å². The second-order valence-corrected chi connectivity index (χ2v) is 5.29. The Hall–Kier alpha value is -1.07. The highest BCUT2D eigenvalue weighted by atomic mass is 32.2. The molecule has 1 fully saturated rings. The predicted molar refractivity (Wildman–Crippen MR) is 71.7 cm³/mol. The van der Waals surface area contributed by atoms with Gasteiger partial charge in [0.25, 0.3) is 5.91 Å². The molecule has 1 aliphatic rings. The molecule has 0 aliphatic heterocycles. The lowest BCUT2D eigenvalue weighted by atomic mass is 9.92. The van der Waals surface area contributed by atoms with E-state index in [0.717, 1.165) is 30.7 Å². The van der Waals surface area contributed by atoms with E-state index in [1.54, 1.807) is 18.3 Å². The van der Waals surface area contributed by atoms with E-state index < -0.39 is 6.10 Å². The Labute approximate surface area is 111 Å². The lowest BCUT2D eigenvalue weighted by molar-refractivity contribution is 0.0714. The van der Waals surface area contributed by atoms with E-state index in [1.165, 1.54) is 11.8 Å². The van der Waals surface area contributed by atoms with Crippen LogP contribution in [0.15, 0.2) is 23.4 Å². The molecule has 1 aromatic heterocycles. The molecule has 1 aliphatic carbocycles. The summed E-state index contributed by atoms with van der Waals surface area (Å²) in [4.78, 5) is 16.3.